The van der Waals surface area contributed by atoms with Crippen LogP contribution >= 0.6 is 0 Å². The molecule has 0 bridgehead atoms. The Morgan fingerprint density at radius 2 is 1.59 bits per heavy atom. The number of carbonyl (C=O) groups excluding carboxylic acids is 2. The van der Waals surface area contributed by atoms with Gasteiger partial charge in [-0.1, -0.05) is 12.1 Å². The van der Waals surface area contributed by atoms with Gasteiger partial charge in [0.1, 0.15) is 17.3 Å². The Hall–Kier alpha value is -2.96. The van der Waals surface area contributed by atoms with Crippen LogP contribution in [0.4, 0.5) is 25.8 Å². The molecule has 0 aliphatic carbocycles. The van der Waals surface area contributed by atoms with E-state index in [9.17, 15) is 18.4 Å². The van der Waals surface area contributed by atoms with E-state index in [0.717, 1.165) is 23.8 Å². The van der Waals surface area contributed by atoms with Crippen LogP contribution in [0.5, 0.6) is 0 Å². The fourth-order valence-electron chi connectivity index (χ4n) is 1.74. The van der Waals surface area contributed by atoms with Crippen molar-refractivity contribution in [1.82, 2.24) is 0 Å². The van der Waals surface area contributed by atoms with Gasteiger partial charge in [-0.05, 0) is 36.8 Å². The molecule has 4 N–H and O–H groups in total. The molecule has 0 unspecified atom stereocenters. The molecule has 2 aromatic rings. The lowest BCUT2D eigenvalue weighted by atomic mass is 10.2. The number of hydrogen-bond acceptors (Lipinski definition) is 3. The molecule has 2 rings (SSSR count). The average molecular weight is 305 g/mol. The van der Waals surface area contributed by atoms with Gasteiger partial charge < -0.3 is 16.4 Å². The summed E-state index contributed by atoms with van der Waals surface area (Å²) in [4.78, 5) is 23.5. The highest BCUT2D eigenvalue weighted by Crippen LogP contribution is 2.20. The number of aryl methyl sites for hydroxylation is 1. The number of nitrogen functional groups attached to an aromatic ring is 1. The zero-order valence-corrected chi connectivity index (χ0v) is 11.6. The van der Waals surface area contributed by atoms with E-state index in [-0.39, 0.29) is 11.4 Å². The minimum atomic E-state index is -1.20. The lowest BCUT2D eigenvalue weighted by Gasteiger charge is -2.10. The maximum absolute atomic E-state index is 13.4. The molecule has 114 valence electrons. The molecule has 0 radical (unpaired) electrons. The van der Waals surface area contributed by atoms with Gasteiger partial charge in [-0.15, -0.1) is 0 Å². The number of benzene rings is 2. The zero-order chi connectivity index (χ0) is 16.3. The maximum atomic E-state index is 13.4. The fraction of sp³-hybridized carbons (Fsp3) is 0.0667. The Morgan fingerprint density at radius 1 is 1.00 bits per heavy atom. The number of anilines is 3. The minimum Gasteiger partial charge on any atom is -0.397 e. The molecule has 0 spiro atoms. The van der Waals surface area contributed by atoms with Crippen LogP contribution in [0, 0.1) is 18.6 Å². The molecule has 5 nitrogen and oxygen atoms in total. The van der Waals surface area contributed by atoms with Gasteiger partial charge >= 0.3 is 11.8 Å². The van der Waals surface area contributed by atoms with Crippen molar-refractivity contribution in [3.05, 3.63) is 53.6 Å². The predicted octanol–water partition coefficient (Wildman–Crippen LogP) is 2.43. The summed E-state index contributed by atoms with van der Waals surface area (Å²) >= 11 is 0. The van der Waals surface area contributed by atoms with Gasteiger partial charge in [0.05, 0.1) is 11.4 Å². The van der Waals surface area contributed by atoms with Crippen molar-refractivity contribution in [2.24, 2.45) is 0 Å². The van der Waals surface area contributed by atoms with E-state index >= 15 is 0 Å². The molecule has 2 aromatic carbocycles. The van der Waals surface area contributed by atoms with Gasteiger partial charge in [-0.3, -0.25) is 9.59 Å². The molecule has 0 saturated heterocycles. The minimum absolute atomic E-state index is 0.245. The molecular formula is C15H13F2N3O2. The highest BCUT2D eigenvalue weighted by molar-refractivity contribution is 6.43. The summed E-state index contributed by atoms with van der Waals surface area (Å²) in [6.45, 7) is 1.78. The van der Waals surface area contributed by atoms with Crippen molar-refractivity contribution in [3.8, 4) is 0 Å². The number of rotatable bonds is 2. The van der Waals surface area contributed by atoms with E-state index in [0.29, 0.717) is 0 Å². The molecule has 0 atom stereocenters. The van der Waals surface area contributed by atoms with Crippen molar-refractivity contribution in [1.29, 1.82) is 0 Å². The lowest BCUT2D eigenvalue weighted by molar-refractivity contribution is -0.133. The predicted molar refractivity (Wildman–Crippen MR) is 79.2 cm³/mol. The van der Waals surface area contributed by atoms with E-state index < -0.39 is 29.1 Å². The topological polar surface area (TPSA) is 84.2 Å². The van der Waals surface area contributed by atoms with Crippen molar-refractivity contribution in [2.75, 3.05) is 16.4 Å². The van der Waals surface area contributed by atoms with Crippen LogP contribution < -0.4 is 16.4 Å². The van der Waals surface area contributed by atoms with Gasteiger partial charge in [-0.2, -0.15) is 0 Å². The van der Waals surface area contributed by atoms with E-state index in [4.69, 9.17) is 5.73 Å². The molecule has 7 heteroatoms. The summed E-state index contributed by atoms with van der Waals surface area (Å²) in [6.07, 6.45) is 0. The number of nitrogens with two attached hydrogens (primary N) is 1. The Balaban J connectivity index is 2.13. The van der Waals surface area contributed by atoms with E-state index in [2.05, 4.69) is 5.32 Å². The third kappa shape index (κ3) is 3.38. The molecular weight excluding hydrogens is 292 g/mol. The van der Waals surface area contributed by atoms with Gasteiger partial charge in [0, 0.05) is 0 Å². The maximum Gasteiger partial charge on any atom is 0.314 e. The Labute approximate surface area is 125 Å². The van der Waals surface area contributed by atoms with Crippen molar-refractivity contribution < 1.29 is 18.4 Å². The SMILES string of the molecule is Cc1ccc(N)c(NC(=O)C(=O)Nc2c(F)cccc2F)c1. The Kier molecular flexibility index (Phi) is 4.36. The number of carbonyl (C=O) groups is 2. The number of halogens is 2. The molecule has 0 heterocycles. The molecule has 2 amide bonds. The highest BCUT2D eigenvalue weighted by atomic mass is 19.1. The number of amides is 2. The van der Waals surface area contributed by atoms with Crippen molar-refractivity contribution >= 4 is 28.9 Å². The van der Waals surface area contributed by atoms with Crippen LogP contribution in [0.3, 0.4) is 0 Å². The third-order valence-corrected chi connectivity index (χ3v) is 2.86. The summed E-state index contributed by atoms with van der Waals surface area (Å²) in [6, 6.07) is 7.96. The van der Waals surface area contributed by atoms with E-state index in [1.165, 1.54) is 0 Å². The quantitative estimate of drug-likeness (QED) is 0.588. The average Bonchev–Trinajstić information content (AvgIpc) is 2.46. The van der Waals surface area contributed by atoms with Gasteiger partial charge in [0.2, 0.25) is 0 Å². The lowest BCUT2D eigenvalue weighted by Crippen LogP contribution is -2.30. The first kappa shape index (κ1) is 15.4. The first-order valence-corrected chi connectivity index (χ1v) is 6.31. The van der Waals surface area contributed by atoms with E-state index in [1.807, 2.05) is 5.32 Å². The monoisotopic (exact) mass is 305 g/mol. The molecule has 0 aromatic heterocycles. The highest BCUT2D eigenvalue weighted by Gasteiger charge is 2.19. The molecule has 0 fully saturated rings. The molecule has 22 heavy (non-hydrogen) atoms. The van der Waals surface area contributed by atoms with Crippen LogP contribution in [-0.4, -0.2) is 11.8 Å². The zero-order valence-electron chi connectivity index (χ0n) is 11.6. The largest absolute Gasteiger partial charge is 0.397 e. The standard InChI is InChI=1S/C15H13F2N3O2/c1-8-5-6-11(18)12(7-8)19-14(21)15(22)20-13-9(16)3-2-4-10(13)17/h2-7H,18H2,1H3,(H,19,21)(H,20,22). The normalized spacial score (nSPS) is 10.1. The van der Waals surface area contributed by atoms with Crippen molar-refractivity contribution in [3.63, 3.8) is 0 Å². The summed E-state index contributed by atoms with van der Waals surface area (Å²) in [5.74, 6) is -4.24. The molecule has 0 saturated carbocycles. The van der Waals surface area contributed by atoms with Crippen LogP contribution in [0.1, 0.15) is 5.56 Å². The third-order valence-electron chi connectivity index (χ3n) is 2.86. The second-order valence-electron chi connectivity index (χ2n) is 4.60. The summed E-state index contributed by atoms with van der Waals surface area (Å²) in [5.41, 5.74) is 6.33. The second-order valence-corrected chi connectivity index (χ2v) is 4.60. The number of para-hydroxylation sites is 1. The Morgan fingerprint density at radius 3 is 2.23 bits per heavy atom. The second kappa shape index (κ2) is 6.21. The first-order chi connectivity index (χ1) is 10.4. The van der Waals surface area contributed by atoms with Gasteiger partial charge in [-0.25, -0.2) is 8.78 Å². The van der Waals surface area contributed by atoms with Crippen LogP contribution in [0.15, 0.2) is 36.4 Å². The number of hydrogen-bond donors (Lipinski definition) is 3. The van der Waals surface area contributed by atoms with Gasteiger partial charge in [0.25, 0.3) is 0 Å². The first-order valence-electron chi connectivity index (χ1n) is 6.31. The smallest absolute Gasteiger partial charge is 0.314 e. The Bertz CT molecular complexity index is 727. The van der Waals surface area contributed by atoms with E-state index in [1.54, 1.807) is 25.1 Å². The number of nitrogens with one attached hydrogen (secondary N) is 2. The summed E-state index contributed by atoms with van der Waals surface area (Å²) < 4.78 is 26.8. The van der Waals surface area contributed by atoms with Crippen LogP contribution in [0.25, 0.3) is 0 Å². The van der Waals surface area contributed by atoms with Crippen LogP contribution in [0.2, 0.25) is 0 Å². The molecule has 0 aliphatic heterocycles. The van der Waals surface area contributed by atoms with Crippen LogP contribution in [-0.2, 0) is 9.59 Å². The van der Waals surface area contributed by atoms with Crippen molar-refractivity contribution in [2.45, 2.75) is 6.92 Å². The summed E-state index contributed by atoms with van der Waals surface area (Å²) in [5, 5.41) is 4.18. The fourth-order valence-corrected chi connectivity index (χ4v) is 1.74. The molecule has 0 aliphatic rings. The summed E-state index contributed by atoms with van der Waals surface area (Å²) in [7, 11) is 0. The van der Waals surface area contributed by atoms with Gasteiger partial charge in [0.15, 0.2) is 0 Å².